The zero-order valence-corrected chi connectivity index (χ0v) is 18.9. The van der Waals surface area contributed by atoms with Crippen LogP contribution in [0, 0.1) is 0 Å². The lowest BCUT2D eigenvalue weighted by Crippen LogP contribution is -2.47. The Labute approximate surface area is 178 Å². The van der Waals surface area contributed by atoms with Crippen molar-refractivity contribution in [2.45, 2.75) is 52.5 Å². The van der Waals surface area contributed by atoms with Crippen LogP contribution in [0.3, 0.4) is 0 Å². The van der Waals surface area contributed by atoms with Crippen molar-refractivity contribution in [3.05, 3.63) is 35.4 Å². The molecular formula is C22H33N3O5. The van der Waals surface area contributed by atoms with Gasteiger partial charge in [-0.1, -0.05) is 32.9 Å². The largest absolute Gasteiger partial charge is 0.454 e. The van der Waals surface area contributed by atoms with E-state index < -0.39 is 29.9 Å². The molecule has 0 unspecified atom stereocenters. The summed E-state index contributed by atoms with van der Waals surface area (Å²) >= 11 is 0. The number of benzene rings is 1. The molecule has 0 bridgehead atoms. The van der Waals surface area contributed by atoms with Crippen LogP contribution in [-0.4, -0.2) is 60.9 Å². The van der Waals surface area contributed by atoms with Gasteiger partial charge in [0.15, 0.2) is 6.61 Å². The van der Waals surface area contributed by atoms with E-state index in [0.29, 0.717) is 5.56 Å². The second-order valence-corrected chi connectivity index (χ2v) is 9.22. The summed E-state index contributed by atoms with van der Waals surface area (Å²) in [5.74, 6) is -1.98. The lowest BCUT2D eigenvalue weighted by Gasteiger charge is -2.23. The average molecular weight is 420 g/mol. The quantitative estimate of drug-likeness (QED) is 0.654. The first-order chi connectivity index (χ1) is 13.7. The number of carbonyl (C=O) groups is 4. The SMILES string of the molecule is CN(CC(=O)NC(C)(C)C)C(=O)COC(=O)CNC(=O)c1ccc(C(C)(C)C)cc1. The second-order valence-electron chi connectivity index (χ2n) is 9.22. The number of nitrogens with zero attached hydrogens (tertiary/aromatic N) is 1. The average Bonchev–Trinajstić information content (AvgIpc) is 2.61. The number of nitrogens with one attached hydrogen (secondary N) is 2. The molecule has 8 heteroatoms. The fraction of sp³-hybridized carbons (Fsp3) is 0.545. The number of amides is 3. The summed E-state index contributed by atoms with van der Waals surface area (Å²) < 4.78 is 4.88. The fourth-order valence-corrected chi connectivity index (χ4v) is 2.44. The highest BCUT2D eigenvalue weighted by atomic mass is 16.5. The Morgan fingerprint density at radius 1 is 0.967 bits per heavy atom. The summed E-state index contributed by atoms with van der Waals surface area (Å²) in [5.41, 5.74) is 1.10. The van der Waals surface area contributed by atoms with Gasteiger partial charge in [-0.15, -0.1) is 0 Å². The minimum Gasteiger partial charge on any atom is -0.454 e. The van der Waals surface area contributed by atoms with Crippen LogP contribution in [0.25, 0.3) is 0 Å². The van der Waals surface area contributed by atoms with Crippen LogP contribution < -0.4 is 10.6 Å². The summed E-state index contributed by atoms with van der Waals surface area (Å²) in [7, 11) is 1.45. The van der Waals surface area contributed by atoms with Gasteiger partial charge in [0.05, 0.1) is 6.54 Å². The maximum absolute atomic E-state index is 12.2. The number of hydrogen-bond acceptors (Lipinski definition) is 5. The molecule has 0 aliphatic heterocycles. The van der Waals surface area contributed by atoms with Gasteiger partial charge in [0, 0.05) is 18.2 Å². The monoisotopic (exact) mass is 419 g/mol. The third-order valence-electron chi connectivity index (χ3n) is 4.08. The number of carbonyl (C=O) groups excluding carboxylic acids is 4. The van der Waals surface area contributed by atoms with E-state index >= 15 is 0 Å². The third-order valence-corrected chi connectivity index (χ3v) is 4.08. The number of ether oxygens (including phenoxy) is 1. The Balaban J connectivity index is 2.41. The van der Waals surface area contributed by atoms with Crippen molar-refractivity contribution in [3.63, 3.8) is 0 Å². The van der Waals surface area contributed by atoms with E-state index in [9.17, 15) is 19.2 Å². The minimum atomic E-state index is -0.740. The van der Waals surface area contributed by atoms with Crippen molar-refractivity contribution >= 4 is 23.7 Å². The van der Waals surface area contributed by atoms with E-state index in [4.69, 9.17) is 4.74 Å². The highest BCUT2D eigenvalue weighted by Crippen LogP contribution is 2.22. The second kappa shape index (κ2) is 10.2. The first-order valence-corrected chi connectivity index (χ1v) is 9.78. The van der Waals surface area contributed by atoms with E-state index in [1.807, 2.05) is 32.9 Å². The van der Waals surface area contributed by atoms with Crippen LogP contribution in [0.15, 0.2) is 24.3 Å². The summed E-state index contributed by atoms with van der Waals surface area (Å²) in [4.78, 5) is 49.0. The van der Waals surface area contributed by atoms with E-state index in [0.717, 1.165) is 5.56 Å². The van der Waals surface area contributed by atoms with E-state index in [2.05, 4.69) is 31.4 Å². The highest BCUT2D eigenvalue weighted by molar-refractivity contribution is 5.96. The summed E-state index contributed by atoms with van der Waals surface area (Å²) in [6.45, 7) is 10.7. The number of likely N-dealkylation sites (N-methyl/N-ethyl adjacent to an activating group) is 1. The van der Waals surface area contributed by atoms with Crippen LogP contribution in [0.1, 0.15) is 57.5 Å². The molecule has 3 amide bonds. The van der Waals surface area contributed by atoms with Gasteiger partial charge in [0.2, 0.25) is 5.91 Å². The van der Waals surface area contributed by atoms with Crippen molar-refractivity contribution in [1.82, 2.24) is 15.5 Å². The predicted octanol–water partition coefficient (Wildman–Crippen LogP) is 1.63. The Hall–Kier alpha value is -2.90. The van der Waals surface area contributed by atoms with Crippen molar-refractivity contribution < 1.29 is 23.9 Å². The predicted molar refractivity (Wildman–Crippen MR) is 114 cm³/mol. The molecular weight excluding hydrogens is 386 g/mol. The van der Waals surface area contributed by atoms with Crippen molar-refractivity contribution in [2.24, 2.45) is 0 Å². The molecule has 0 atom stereocenters. The molecule has 0 saturated heterocycles. The Kier molecular flexibility index (Phi) is 8.57. The Morgan fingerprint density at radius 3 is 2.03 bits per heavy atom. The molecule has 0 radical (unpaired) electrons. The zero-order valence-electron chi connectivity index (χ0n) is 18.9. The van der Waals surface area contributed by atoms with Gasteiger partial charge < -0.3 is 20.3 Å². The molecule has 1 aromatic rings. The van der Waals surface area contributed by atoms with Gasteiger partial charge in [-0.05, 0) is 43.9 Å². The van der Waals surface area contributed by atoms with Gasteiger partial charge in [0.25, 0.3) is 11.8 Å². The molecule has 0 spiro atoms. The maximum atomic E-state index is 12.2. The van der Waals surface area contributed by atoms with Gasteiger partial charge in [0.1, 0.15) is 6.54 Å². The molecule has 0 aliphatic carbocycles. The summed E-state index contributed by atoms with van der Waals surface area (Å²) in [6, 6.07) is 7.14. The molecule has 0 fully saturated rings. The molecule has 0 aliphatic rings. The van der Waals surface area contributed by atoms with Gasteiger partial charge in [-0.25, -0.2) is 0 Å². The molecule has 0 aromatic heterocycles. The van der Waals surface area contributed by atoms with Crippen molar-refractivity contribution in [1.29, 1.82) is 0 Å². The standard InChI is InChI=1S/C22H33N3O5/c1-21(2,3)16-10-8-15(9-11-16)20(29)23-12-19(28)30-14-18(27)25(7)13-17(26)24-22(4,5)6/h8-11H,12-14H2,1-7H3,(H,23,29)(H,24,26). The molecule has 1 rings (SSSR count). The van der Waals surface area contributed by atoms with Crippen LogP contribution >= 0.6 is 0 Å². The lowest BCUT2D eigenvalue weighted by atomic mass is 9.87. The molecule has 0 heterocycles. The molecule has 166 valence electrons. The summed E-state index contributed by atoms with van der Waals surface area (Å²) in [5, 5.41) is 5.21. The summed E-state index contributed by atoms with van der Waals surface area (Å²) in [6.07, 6.45) is 0. The van der Waals surface area contributed by atoms with Crippen molar-refractivity contribution in [2.75, 3.05) is 26.7 Å². The van der Waals surface area contributed by atoms with E-state index in [1.54, 1.807) is 12.1 Å². The van der Waals surface area contributed by atoms with Gasteiger partial charge >= 0.3 is 5.97 Å². The smallest absolute Gasteiger partial charge is 0.325 e. The zero-order chi connectivity index (χ0) is 23.1. The molecule has 1 aromatic carbocycles. The molecule has 2 N–H and O–H groups in total. The van der Waals surface area contributed by atoms with Gasteiger partial charge in [-0.3, -0.25) is 19.2 Å². The minimum absolute atomic E-state index is 0.0219. The Morgan fingerprint density at radius 2 is 1.53 bits per heavy atom. The Bertz CT molecular complexity index is 773. The highest BCUT2D eigenvalue weighted by Gasteiger charge is 2.19. The number of esters is 1. The number of rotatable bonds is 7. The van der Waals surface area contributed by atoms with E-state index in [-0.39, 0.29) is 24.4 Å². The van der Waals surface area contributed by atoms with Gasteiger partial charge in [-0.2, -0.15) is 0 Å². The fourth-order valence-electron chi connectivity index (χ4n) is 2.44. The van der Waals surface area contributed by atoms with Crippen LogP contribution in [0.2, 0.25) is 0 Å². The maximum Gasteiger partial charge on any atom is 0.325 e. The lowest BCUT2D eigenvalue weighted by molar-refractivity contribution is -0.151. The first-order valence-electron chi connectivity index (χ1n) is 9.78. The first kappa shape index (κ1) is 25.1. The van der Waals surface area contributed by atoms with Crippen molar-refractivity contribution in [3.8, 4) is 0 Å². The van der Waals surface area contributed by atoms with Crippen LogP contribution in [-0.2, 0) is 24.5 Å². The molecule has 0 saturated carbocycles. The number of hydrogen-bond donors (Lipinski definition) is 2. The third kappa shape index (κ3) is 9.07. The molecule has 8 nitrogen and oxygen atoms in total. The van der Waals surface area contributed by atoms with Crippen LogP contribution in [0.5, 0.6) is 0 Å². The molecule has 30 heavy (non-hydrogen) atoms. The normalized spacial score (nSPS) is 11.4. The topological polar surface area (TPSA) is 105 Å². The van der Waals surface area contributed by atoms with Crippen LogP contribution in [0.4, 0.5) is 0 Å². The van der Waals surface area contributed by atoms with E-state index in [1.165, 1.54) is 11.9 Å².